The van der Waals surface area contributed by atoms with Crippen molar-refractivity contribution in [1.29, 1.82) is 0 Å². The van der Waals surface area contributed by atoms with Crippen LogP contribution in [0.3, 0.4) is 0 Å². The van der Waals surface area contributed by atoms with Gasteiger partial charge in [0, 0.05) is 50.1 Å². The molecule has 31 heavy (non-hydrogen) atoms. The SMILES string of the molecule is Cc1c(C)n(C2CCCC2)c2ncnc(OC3CCN(C(=O)c4cnccn4)CC3)c12. The Morgan fingerprint density at radius 1 is 1.03 bits per heavy atom. The molecule has 0 radical (unpaired) electrons. The predicted molar refractivity (Wildman–Crippen MR) is 116 cm³/mol. The van der Waals surface area contributed by atoms with Crippen LogP contribution in [0.5, 0.6) is 5.88 Å². The summed E-state index contributed by atoms with van der Waals surface area (Å²) in [5.41, 5.74) is 3.84. The summed E-state index contributed by atoms with van der Waals surface area (Å²) in [6, 6.07) is 0.522. The number of likely N-dealkylation sites (tertiary alicyclic amines) is 1. The number of aromatic nitrogens is 5. The third-order valence-electron chi connectivity index (χ3n) is 6.78. The lowest BCUT2D eigenvalue weighted by Crippen LogP contribution is -2.42. The van der Waals surface area contributed by atoms with Crippen molar-refractivity contribution in [2.24, 2.45) is 0 Å². The highest BCUT2D eigenvalue weighted by Gasteiger charge is 2.28. The van der Waals surface area contributed by atoms with E-state index in [4.69, 9.17) is 4.74 Å². The maximum Gasteiger partial charge on any atom is 0.274 e. The smallest absolute Gasteiger partial charge is 0.274 e. The number of fused-ring (bicyclic) bond motifs is 1. The van der Waals surface area contributed by atoms with E-state index in [1.807, 2.05) is 4.90 Å². The summed E-state index contributed by atoms with van der Waals surface area (Å²) in [6.45, 7) is 5.59. The van der Waals surface area contributed by atoms with Gasteiger partial charge in [0.15, 0.2) is 0 Å². The van der Waals surface area contributed by atoms with Gasteiger partial charge in [-0.1, -0.05) is 12.8 Å². The highest BCUT2D eigenvalue weighted by Crippen LogP contribution is 2.38. The first-order valence-electron chi connectivity index (χ1n) is 11.2. The minimum absolute atomic E-state index is 0.0264. The van der Waals surface area contributed by atoms with Crippen molar-refractivity contribution in [3.05, 3.63) is 41.9 Å². The Hall–Kier alpha value is -3.03. The van der Waals surface area contributed by atoms with E-state index in [-0.39, 0.29) is 12.0 Å². The van der Waals surface area contributed by atoms with Crippen molar-refractivity contribution in [3.63, 3.8) is 0 Å². The number of ether oxygens (including phenoxy) is 1. The van der Waals surface area contributed by atoms with E-state index in [1.165, 1.54) is 43.1 Å². The summed E-state index contributed by atoms with van der Waals surface area (Å²) in [7, 11) is 0. The molecule has 162 valence electrons. The first-order chi connectivity index (χ1) is 15.1. The van der Waals surface area contributed by atoms with E-state index in [1.54, 1.807) is 18.7 Å². The normalized spacial score (nSPS) is 18.1. The largest absolute Gasteiger partial charge is 0.474 e. The van der Waals surface area contributed by atoms with Crippen LogP contribution in [-0.2, 0) is 0 Å². The Morgan fingerprint density at radius 3 is 2.52 bits per heavy atom. The Balaban J connectivity index is 1.33. The van der Waals surface area contributed by atoms with Crippen LogP contribution < -0.4 is 4.74 Å². The molecule has 0 atom stereocenters. The second-order valence-corrected chi connectivity index (χ2v) is 8.60. The molecule has 8 nitrogen and oxygen atoms in total. The van der Waals surface area contributed by atoms with E-state index >= 15 is 0 Å². The zero-order valence-electron chi connectivity index (χ0n) is 18.1. The van der Waals surface area contributed by atoms with Crippen LogP contribution in [0.1, 0.15) is 66.3 Å². The van der Waals surface area contributed by atoms with Gasteiger partial charge in [-0.3, -0.25) is 9.78 Å². The molecule has 2 fully saturated rings. The molecule has 0 spiro atoms. The number of nitrogens with zero attached hydrogens (tertiary/aromatic N) is 6. The molecule has 0 unspecified atom stereocenters. The third kappa shape index (κ3) is 3.64. The highest BCUT2D eigenvalue weighted by atomic mass is 16.5. The van der Waals surface area contributed by atoms with Crippen LogP contribution in [-0.4, -0.2) is 54.5 Å². The van der Waals surface area contributed by atoms with E-state index in [9.17, 15) is 4.79 Å². The van der Waals surface area contributed by atoms with Gasteiger partial charge in [-0.2, -0.15) is 0 Å². The van der Waals surface area contributed by atoms with E-state index in [2.05, 4.69) is 38.4 Å². The topological polar surface area (TPSA) is 86.0 Å². The lowest BCUT2D eigenvalue weighted by Gasteiger charge is -2.31. The first kappa shape index (κ1) is 19.9. The molecule has 1 amide bonds. The summed E-state index contributed by atoms with van der Waals surface area (Å²) < 4.78 is 8.78. The molecular formula is C23H28N6O2. The van der Waals surface area contributed by atoms with Crippen molar-refractivity contribution in [2.45, 2.75) is 64.5 Å². The van der Waals surface area contributed by atoms with Crippen LogP contribution in [0, 0.1) is 13.8 Å². The van der Waals surface area contributed by atoms with Crippen LogP contribution in [0.2, 0.25) is 0 Å². The van der Waals surface area contributed by atoms with Gasteiger partial charge in [0.2, 0.25) is 5.88 Å². The Labute approximate surface area is 181 Å². The molecule has 4 heterocycles. The van der Waals surface area contributed by atoms with Gasteiger partial charge in [-0.05, 0) is 32.3 Å². The molecule has 2 aliphatic rings. The average Bonchev–Trinajstić information content (AvgIpc) is 3.42. The van der Waals surface area contributed by atoms with Crippen LogP contribution in [0.25, 0.3) is 11.0 Å². The molecular weight excluding hydrogens is 392 g/mol. The molecule has 1 saturated carbocycles. The number of hydrogen-bond acceptors (Lipinski definition) is 6. The van der Waals surface area contributed by atoms with Crippen molar-refractivity contribution in [1.82, 2.24) is 29.4 Å². The predicted octanol–water partition coefficient (Wildman–Crippen LogP) is 3.64. The van der Waals surface area contributed by atoms with Gasteiger partial charge < -0.3 is 14.2 Å². The van der Waals surface area contributed by atoms with Gasteiger partial charge in [0.1, 0.15) is 23.8 Å². The molecule has 1 aliphatic carbocycles. The molecule has 3 aromatic heterocycles. The summed E-state index contributed by atoms with van der Waals surface area (Å²) in [5, 5.41) is 1.03. The second kappa shape index (κ2) is 8.24. The van der Waals surface area contributed by atoms with Crippen molar-refractivity contribution < 1.29 is 9.53 Å². The maximum absolute atomic E-state index is 12.6. The summed E-state index contributed by atoms with van der Waals surface area (Å²) in [6.07, 6.45) is 12.8. The number of hydrogen-bond donors (Lipinski definition) is 0. The number of carbonyl (C=O) groups excluding carboxylic acids is 1. The minimum atomic E-state index is -0.0731. The second-order valence-electron chi connectivity index (χ2n) is 8.60. The number of aryl methyl sites for hydroxylation is 1. The fourth-order valence-corrected chi connectivity index (χ4v) is 5.00. The zero-order valence-corrected chi connectivity index (χ0v) is 18.1. The number of amides is 1. The van der Waals surface area contributed by atoms with Crippen molar-refractivity contribution in [2.75, 3.05) is 13.1 Å². The fraction of sp³-hybridized carbons (Fsp3) is 0.522. The molecule has 8 heteroatoms. The third-order valence-corrected chi connectivity index (χ3v) is 6.78. The van der Waals surface area contributed by atoms with E-state index in [0.29, 0.717) is 30.7 Å². The van der Waals surface area contributed by atoms with Gasteiger partial charge in [-0.25, -0.2) is 15.0 Å². The number of carbonyl (C=O) groups is 1. The fourth-order valence-electron chi connectivity index (χ4n) is 5.00. The average molecular weight is 421 g/mol. The quantitative estimate of drug-likeness (QED) is 0.641. The van der Waals surface area contributed by atoms with E-state index < -0.39 is 0 Å². The van der Waals surface area contributed by atoms with Crippen LogP contribution >= 0.6 is 0 Å². The summed E-state index contributed by atoms with van der Waals surface area (Å²) >= 11 is 0. The molecule has 0 aromatic carbocycles. The van der Waals surface area contributed by atoms with Gasteiger partial charge >= 0.3 is 0 Å². The molecule has 1 aliphatic heterocycles. The Bertz CT molecular complexity index is 1080. The first-order valence-corrected chi connectivity index (χ1v) is 11.2. The zero-order chi connectivity index (χ0) is 21.4. The van der Waals surface area contributed by atoms with E-state index in [0.717, 1.165) is 23.9 Å². The molecule has 3 aromatic rings. The minimum Gasteiger partial charge on any atom is -0.474 e. The highest BCUT2D eigenvalue weighted by molar-refractivity contribution is 5.92. The summed E-state index contributed by atoms with van der Waals surface area (Å²) in [4.78, 5) is 31.7. The Kier molecular flexibility index (Phi) is 5.29. The Morgan fingerprint density at radius 2 is 1.81 bits per heavy atom. The van der Waals surface area contributed by atoms with Gasteiger partial charge in [0.25, 0.3) is 5.91 Å². The lowest BCUT2D eigenvalue weighted by molar-refractivity contribution is 0.0585. The van der Waals surface area contributed by atoms with Crippen molar-refractivity contribution in [3.8, 4) is 5.88 Å². The monoisotopic (exact) mass is 420 g/mol. The molecule has 0 bridgehead atoms. The maximum atomic E-state index is 12.6. The van der Waals surface area contributed by atoms with Gasteiger partial charge in [0.05, 0.1) is 11.6 Å². The number of piperidine rings is 1. The lowest BCUT2D eigenvalue weighted by atomic mass is 10.1. The number of rotatable bonds is 4. The van der Waals surface area contributed by atoms with Gasteiger partial charge in [-0.15, -0.1) is 0 Å². The standard InChI is InChI=1S/C23H28N6O2/c1-15-16(2)29(17-5-3-4-6-17)21-20(15)22(27-14-26-21)31-18-7-11-28(12-8-18)23(30)19-13-24-9-10-25-19/h9-10,13-14,17-18H,3-8,11-12H2,1-2H3. The van der Waals surface area contributed by atoms with Crippen molar-refractivity contribution >= 4 is 16.9 Å². The molecule has 0 N–H and O–H groups in total. The summed E-state index contributed by atoms with van der Waals surface area (Å²) in [5.74, 6) is 0.595. The van der Waals surface area contributed by atoms with Crippen LogP contribution in [0.4, 0.5) is 0 Å². The van der Waals surface area contributed by atoms with Crippen LogP contribution in [0.15, 0.2) is 24.9 Å². The molecule has 5 rings (SSSR count). The molecule has 1 saturated heterocycles.